The van der Waals surface area contributed by atoms with Crippen molar-refractivity contribution in [1.29, 1.82) is 0 Å². The van der Waals surface area contributed by atoms with Crippen LogP contribution in [0.3, 0.4) is 0 Å². The molecule has 5 heteroatoms. The Kier molecular flexibility index (Phi) is 5.02. The summed E-state index contributed by atoms with van der Waals surface area (Å²) in [6.45, 7) is 5.11. The van der Waals surface area contributed by atoms with E-state index in [1.54, 1.807) is 0 Å². The molecule has 2 heterocycles. The quantitative estimate of drug-likeness (QED) is 0.773. The minimum absolute atomic E-state index is 0. The van der Waals surface area contributed by atoms with Gasteiger partial charge in [0.05, 0.1) is 11.5 Å². The Morgan fingerprint density at radius 2 is 2.25 bits per heavy atom. The van der Waals surface area contributed by atoms with Gasteiger partial charge in [0.1, 0.15) is 0 Å². The number of carbonyl (C=O) groups is 1. The molecule has 0 aromatic heterocycles. The van der Waals surface area contributed by atoms with E-state index >= 15 is 0 Å². The molecular formula is C11H21ClN2O2. The summed E-state index contributed by atoms with van der Waals surface area (Å²) in [6.07, 6.45) is 3.69. The smallest absolute Gasteiger partial charge is 0.228 e. The molecule has 94 valence electrons. The fraction of sp³-hybridized carbons (Fsp3) is 0.909. The molecule has 2 aliphatic rings. The Morgan fingerprint density at radius 3 is 2.75 bits per heavy atom. The molecule has 2 N–H and O–H groups in total. The van der Waals surface area contributed by atoms with Gasteiger partial charge in [-0.3, -0.25) is 4.79 Å². The lowest BCUT2D eigenvalue weighted by Gasteiger charge is -2.38. The highest BCUT2D eigenvalue weighted by atomic mass is 35.5. The lowest BCUT2D eigenvalue weighted by atomic mass is 9.83. The molecular weight excluding hydrogens is 228 g/mol. The van der Waals surface area contributed by atoms with E-state index in [0.29, 0.717) is 6.54 Å². The van der Waals surface area contributed by atoms with Gasteiger partial charge in [0.2, 0.25) is 5.91 Å². The molecule has 0 spiro atoms. The Morgan fingerprint density at radius 1 is 1.50 bits per heavy atom. The first-order valence-electron chi connectivity index (χ1n) is 5.81. The maximum absolute atomic E-state index is 11.8. The van der Waals surface area contributed by atoms with Gasteiger partial charge in [-0.15, -0.1) is 12.4 Å². The third-order valence-corrected chi connectivity index (χ3v) is 3.34. The molecule has 1 unspecified atom stereocenters. The van der Waals surface area contributed by atoms with Gasteiger partial charge in [0.25, 0.3) is 0 Å². The van der Waals surface area contributed by atoms with Gasteiger partial charge >= 0.3 is 0 Å². The molecule has 2 aliphatic heterocycles. The lowest BCUT2D eigenvalue weighted by molar-refractivity contribution is -0.133. The predicted molar refractivity (Wildman–Crippen MR) is 64.8 cm³/mol. The SMILES string of the molecule is CC1(C(=O)NCC2CCCCO2)CNC1.Cl. The van der Waals surface area contributed by atoms with Crippen molar-refractivity contribution in [1.82, 2.24) is 10.6 Å². The average Bonchev–Trinajstić information content (AvgIpc) is 2.24. The Balaban J connectivity index is 0.00000128. The first kappa shape index (κ1) is 13.7. The zero-order valence-corrected chi connectivity index (χ0v) is 10.6. The summed E-state index contributed by atoms with van der Waals surface area (Å²) in [5, 5.41) is 6.12. The predicted octanol–water partition coefficient (Wildman–Crippen LogP) is 0.703. The molecule has 2 fully saturated rings. The molecule has 4 nitrogen and oxygen atoms in total. The molecule has 0 aromatic carbocycles. The summed E-state index contributed by atoms with van der Waals surface area (Å²) < 4.78 is 5.56. The van der Waals surface area contributed by atoms with Crippen LogP contribution in [0.25, 0.3) is 0 Å². The van der Waals surface area contributed by atoms with Crippen LogP contribution in [0, 0.1) is 5.41 Å². The molecule has 2 rings (SSSR count). The standard InChI is InChI=1S/C11H20N2O2.ClH/c1-11(7-12-8-11)10(14)13-6-9-4-2-3-5-15-9;/h9,12H,2-8H2,1H3,(H,13,14);1H. The first-order valence-corrected chi connectivity index (χ1v) is 5.81. The van der Waals surface area contributed by atoms with Crippen LogP contribution in [0.4, 0.5) is 0 Å². The minimum atomic E-state index is -0.186. The van der Waals surface area contributed by atoms with Gasteiger partial charge in [-0.2, -0.15) is 0 Å². The van der Waals surface area contributed by atoms with E-state index in [4.69, 9.17) is 4.74 Å². The van der Waals surface area contributed by atoms with Gasteiger partial charge in [0, 0.05) is 26.2 Å². The van der Waals surface area contributed by atoms with Crippen molar-refractivity contribution in [3.05, 3.63) is 0 Å². The summed E-state index contributed by atoms with van der Waals surface area (Å²) in [7, 11) is 0. The molecule has 0 radical (unpaired) electrons. The number of hydrogen-bond donors (Lipinski definition) is 2. The summed E-state index contributed by atoms with van der Waals surface area (Å²) in [4.78, 5) is 11.8. The van der Waals surface area contributed by atoms with Crippen LogP contribution in [0.15, 0.2) is 0 Å². The normalized spacial score (nSPS) is 27.4. The highest BCUT2D eigenvalue weighted by molar-refractivity contribution is 5.85. The number of hydrogen-bond acceptors (Lipinski definition) is 3. The van der Waals surface area contributed by atoms with Crippen molar-refractivity contribution in [2.45, 2.75) is 32.3 Å². The number of rotatable bonds is 3. The van der Waals surface area contributed by atoms with E-state index in [1.165, 1.54) is 6.42 Å². The van der Waals surface area contributed by atoms with Crippen LogP contribution in [-0.4, -0.2) is 38.3 Å². The largest absolute Gasteiger partial charge is 0.376 e. The number of ether oxygens (including phenoxy) is 1. The van der Waals surface area contributed by atoms with Crippen LogP contribution in [0.2, 0.25) is 0 Å². The van der Waals surface area contributed by atoms with E-state index in [9.17, 15) is 4.79 Å². The number of amides is 1. The monoisotopic (exact) mass is 248 g/mol. The minimum Gasteiger partial charge on any atom is -0.376 e. The maximum atomic E-state index is 11.8. The van der Waals surface area contributed by atoms with E-state index in [1.807, 2.05) is 6.92 Å². The molecule has 1 amide bonds. The Bertz CT molecular complexity index is 238. The zero-order valence-electron chi connectivity index (χ0n) is 9.75. The molecule has 1 atom stereocenters. The van der Waals surface area contributed by atoms with Crippen LogP contribution in [-0.2, 0) is 9.53 Å². The maximum Gasteiger partial charge on any atom is 0.228 e. The fourth-order valence-electron chi connectivity index (χ4n) is 2.05. The highest BCUT2D eigenvalue weighted by Crippen LogP contribution is 2.21. The fourth-order valence-corrected chi connectivity index (χ4v) is 2.05. The molecule has 0 aromatic rings. The molecule has 0 aliphatic carbocycles. The number of halogens is 1. The van der Waals surface area contributed by atoms with Crippen molar-refractivity contribution in [2.24, 2.45) is 5.41 Å². The summed E-state index contributed by atoms with van der Waals surface area (Å²) in [6, 6.07) is 0. The Hall–Kier alpha value is -0.320. The second kappa shape index (κ2) is 5.84. The molecule has 0 bridgehead atoms. The van der Waals surface area contributed by atoms with E-state index < -0.39 is 0 Å². The molecule has 2 saturated heterocycles. The summed E-state index contributed by atoms with van der Waals surface area (Å²) in [5.41, 5.74) is -0.186. The third kappa shape index (κ3) is 3.09. The topological polar surface area (TPSA) is 50.4 Å². The van der Waals surface area contributed by atoms with Crippen LogP contribution < -0.4 is 10.6 Å². The van der Waals surface area contributed by atoms with Gasteiger partial charge in [-0.1, -0.05) is 0 Å². The lowest BCUT2D eigenvalue weighted by Crippen LogP contribution is -2.60. The number of carbonyl (C=O) groups excluding carboxylic acids is 1. The van der Waals surface area contributed by atoms with Crippen LogP contribution in [0.5, 0.6) is 0 Å². The molecule has 16 heavy (non-hydrogen) atoms. The summed E-state index contributed by atoms with van der Waals surface area (Å²) in [5.74, 6) is 0.162. The van der Waals surface area contributed by atoms with Crippen LogP contribution >= 0.6 is 12.4 Å². The first-order chi connectivity index (χ1) is 7.21. The van der Waals surface area contributed by atoms with Gasteiger partial charge < -0.3 is 15.4 Å². The Labute approximate surface area is 103 Å². The van der Waals surface area contributed by atoms with Gasteiger partial charge in [0.15, 0.2) is 0 Å². The molecule has 0 saturated carbocycles. The third-order valence-electron chi connectivity index (χ3n) is 3.34. The van der Waals surface area contributed by atoms with Crippen molar-refractivity contribution < 1.29 is 9.53 Å². The zero-order chi connectivity index (χ0) is 10.7. The van der Waals surface area contributed by atoms with Crippen molar-refractivity contribution in [2.75, 3.05) is 26.2 Å². The van der Waals surface area contributed by atoms with E-state index in [2.05, 4.69) is 10.6 Å². The average molecular weight is 249 g/mol. The van der Waals surface area contributed by atoms with E-state index in [0.717, 1.165) is 32.5 Å². The second-order valence-corrected chi connectivity index (χ2v) is 4.86. The van der Waals surface area contributed by atoms with Crippen molar-refractivity contribution in [3.63, 3.8) is 0 Å². The van der Waals surface area contributed by atoms with Gasteiger partial charge in [-0.05, 0) is 26.2 Å². The van der Waals surface area contributed by atoms with E-state index in [-0.39, 0.29) is 29.8 Å². The second-order valence-electron chi connectivity index (χ2n) is 4.86. The van der Waals surface area contributed by atoms with Crippen molar-refractivity contribution >= 4 is 18.3 Å². The van der Waals surface area contributed by atoms with Crippen LogP contribution in [0.1, 0.15) is 26.2 Å². The summed E-state index contributed by atoms with van der Waals surface area (Å²) >= 11 is 0. The van der Waals surface area contributed by atoms with Crippen molar-refractivity contribution in [3.8, 4) is 0 Å². The highest BCUT2D eigenvalue weighted by Gasteiger charge is 2.39. The van der Waals surface area contributed by atoms with Gasteiger partial charge in [-0.25, -0.2) is 0 Å². The number of nitrogens with one attached hydrogen (secondary N) is 2.